The Morgan fingerprint density at radius 2 is 1.97 bits per heavy atom. The number of hydroxylamine groups is 1. The molecule has 0 saturated heterocycles. The smallest absolute Gasteiger partial charge is 0.267 e. The molecule has 0 unspecified atom stereocenters. The number of H-pyrrole nitrogens is 1. The molecule has 1 aromatic heterocycles. The molecular weight excluding hydrogens is 364 g/mol. The molecule has 2 heterocycles. The minimum Gasteiger partial charge on any atom is -0.357 e. The van der Waals surface area contributed by atoms with E-state index in [4.69, 9.17) is 5.21 Å². The van der Waals surface area contributed by atoms with Crippen LogP contribution in [0.1, 0.15) is 27.9 Å². The van der Waals surface area contributed by atoms with Crippen LogP contribution >= 0.6 is 0 Å². The molecule has 1 amide bonds. The molecule has 0 bridgehead atoms. The third-order valence-electron chi connectivity index (χ3n) is 5.35. The standard InChI is InChI=1S/C23H26N4O2/c28-23(27-29)8-6-16-1-3-18(4-2-16)14-24-11-9-17-5-7-19-20-10-12-25-15-22(20)26-21(19)13-17/h1-8,13,24-26,29H,9-12,14-15H2,(H,27,28)/b8-6+. The van der Waals surface area contributed by atoms with E-state index in [1.54, 1.807) is 11.6 Å². The molecule has 1 aliphatic heterocycles. The molecule has 0 radical (unpaired) electrons. The minimum absolute atomic E-state index is 0.537. The topological polar surface area (TPSA) is 89.2 Å². The van der Waals surface area contributed by atoms with E-state index in [1.807, 2.05) is 24.3 Å². The lowest BCUT2D eigenvalue weighted by Gasteiger charge is -2.12. The van der Waals surface area contributed by atoms with Gasteiger partial charge in [0, 0.05) is 35.8 Å². The fraction of sp³-hybridized carbons (Fsp3) is 0.261. The normalized spacial score (nSPS) is 13.7. The molecule has 6 nitrogen and oxygen atoms in total. The first-order valence-electron chi connectivity index (χ1n) is 9.98. The van der Waals surface area contributed by atoms with Crippen molar-refractivity contribution < 1.29 is 10.0 Å². The van der Waals surface area contributed by atoms with Gasteiger partial charge < -0.3 is 15.6 Å². The van der Waals surface area contributed by atoms with E-state index < -0.39 is 5.91 Å². The van der Waals surface area contributed by atoms with E-state index in [9.17, 15) is 4.79 Å². The Morgan fingerprint density at radius 1 is 1.14 bits per heavy atom. The summed E-state index contributed by atoms with van der Waals surface area (Å²) in [5, 5.41) is 16.8. The lowest BCUT2D eigenvalue weighted by molar-refractivity contribution is -0.124. The highest BCUT2D eigenvalue weighted by molar-refractivity contribution is 5.90. The Morgan fingerprint density at radius 3 is 2.79 bits per heavy atom. The number of rotatable bonds is 7. The van der Waals surface area contributed by atoms with E-state index >= 15 is 0 Å². The van der Waals surface area contributed by atoms with Gasteiger partial charge in [-0.1, -0.05) is 36.4 Å². The number of carbonyl (C=O) groups is 1. The molecule has 0 saturated carbocycles. The van der Waals surface area contributed by atoms with Crippen molar-refractivity contribution in [2.45, 2.75) is 25.9 Å². The van der Waals surface area contributed by atoms with Crippen molar-refractivity contribution in [1.29, 1.82) is 0 Å². The van der Waals surface area contributed by atoms with E-state index in [0.717, 1.165) is 44.6 Å². The van der Waals surface area contributed by atoms with Crippen molar-refractivity contribution in [3.63, 3.8) is 0 Å². The summed E-state index contributed by atoms with van der Waals surface area (Å²) in [7, 11) is 0. The maximum absolute atomic E-state index is 11.0. The van der Waals surface area contributed by atoms with Crippen molar-refractivity contribution in [2.24, 2.45) is 0 Å². The van der Waals surface area contributed by atoms with Crippen molar-refractivity contribution in [3.8, 4) is 0 Å². The molecule has 2 aromatic carbocycles. The highest BCUT2D eigenvalue weighted by atomic mass is 16.5. The summed E-state index contributed by atoms with van der Waals surface area (Å²) < 4.78 is 0. The van der Waals surface area contributed by atoms with Crippen LogP contribution in [-0.2, 0) is 30.7 Å². The summed E-state index contributed by atoms with van der Waals surface area (Å²) >= 11 is 0. The van der Waals surface area contributed by atoms with E-state index in [2.05, 4.69) is 33.8 Å². The number of carbonyl (C=O) groups excluding carboxylic acids is 1. The van der Waals surface area contributed by atoms with Crippen LogP contribution in [0.15, 0.2) is 48.5 Å². The molecule has 0 atom stereocenters. The molecule has 29 heavy (non-hydrogen) atoms. The van der Waals surface area contributed by atoms with Gasteiger partial charge in [0.15, 0.2) is 0 Å². The van der Waals surface area contributed by atoms with Crippen LogP contribution in [0.5, 0.6) is 0 Å². The summed E-state index contributed by atoms with van der Waals surface area (Å²) in [6.07, 6.45) is 5.03. The molecule has 0 aliphatic carbocycles. The summed E-state index contributed by atoms with van der Waals surface area (Å²) in [5.41, 5.74) is 9.06. The van der Waals surface area contributed by atoms with Crippen LogP contribution in [0.25, 0.3) is 17.0 Å². The molecule has 0 spiro atoms. The Balaban J connectivity index is 1.28. The second kappa shape index (κ2) is 9.05. The van der Waals surface area contributed by atoms with Gasteiger partial charge in [0.05, 0.1) is 0 Å². The van der Waals surface area contributed by atoms with Crippen molar-refractivity contribution in [3.05, 3.63) is 76.5 Å². The summed E-state index contributed by atoms with van der Waals surface area (Å²) in [5.74, 6) is -0.537. The van der Waals surface area contributed by atoms with Gasteiger partial charge in [0.2, 0.25) is 0 Å². The maximum Gasteiger partial charge on any atom is 0.267 e. The van der Waals surface area contributed by atoms with Crippen molar-refractivity contribution in [2.75, 3.05) is 13.1 Å². The number of fused-ring (bicyclic) bond motifs is 3. The van der Waals surface area contributed by atoms with Gasteiger partial charge in [-0.3, -0.25) is 10.0 Å². The Kier molecular flexibility index (Phi) is 6.05. The van der Waals surface area contributed by atoms with Crippen LogP contribution in [0.4, 0.5) is 0 Å². The summed E-state index contributed by atoms with van der Waals surface area (Å²) in [4.78, 5) is 14.6. The average molecular weight is 390 g/mol. The molecule has 4 rings (SSSR count). The molecular formula is C23H26N4O2. The SMILES string of the molecule is O=C(/C=C/c1ccc(CNCCc2ccc3c4c([nH]c3c2)CNCC4)cc1)NO. The molecule has 1 aliphatic rings. The summed E-state index contributed by atoms with van der Waals surface area (Å²) in [6, 6.07) is 14.7. The van der Waals surface area contributed by atoms with E-state index in [0.29, 0.717) is 0 Å². The number of nitrogens with one attached hydrogen (secondary N) is 4. The monoisotopic (exact) mass is 390 g/mol. The number of benzene rings is 2. The number of aromatic nitrogens is 1. The first-order valence-corrected chi connectivity index (χ1v) is 9.98. The predicted molar refractivity (Wildman–Crippen MR) is 115 cm³/mol. The van der Waals surface area contributed by atoms with Gasteiger partial charge >= 0.3 is 0 Å². The third kappa shape index (κ3) is 4.74. The summed E-state index contributed by atoms with van der Waals surface area (Å²) in [6.45, 7) is 3.70. The quantitative estimate of drug-likeness (QED) is 0.186. The van der Waals surface area contributed by atoms with Crippen LogP contribution in [0.3, 0.4) is 0 Å². The zero-order valence-corrected chi connectivity index (χ0v) is 16.3. The molecule has 150 valence electrons. The van der Waals surface area contributed by atoms with Crippen LogP contribution in [0, 0.1) is 0 Å². The lowest BCUT2D eigenvalue weighted by atomic mass is 10.0. The fourth-order valence-electron chi connectivity index (χ4n) is 3.80. The van der Waals surface area contributed by atoms with Gasteiger partial charge in [0.1, 0.15) is 0 Å². The fourth-order valence-corrected chi connectivity index (χ4v) is 3.80. The Bertz CT molecular complexity index is 1020. The zero-order valence-electron chi connectivity index (χ0n) is 16.3. The Hall–Kier alpha value is -2.93. The second-order valence-corrected chi connectivity index (χ2v) is 7.37. The number of aromatic amines is 1. The molecule has 6 heteroatoms. The van der Waals surface area contributed by atoms with Gasteiger partial charge in [-0.15, -0.1) is 0 Å². The van der Waals surface area contributed by atoms with Crippen molar-refractivity contribution >= 4 is 22.9 Å². The van der Waals surface area contributed by atoms with Crippen LogP contribution in [0.2, 0.25) is 0 Å². The highest BCUT2D eigenvalue weighted by Crippen LogP contribution is 2.25. The Labute approximate surface area is 170 Å². The third-order valence-corrected chi connectivity index (χ3v) is 5.35. The van der Waals surface area contributed by atoms with Gasteiger partial charge in [-0.2, -0.15) is 0 Å². The molecule has 0 fully saturated rings. The van der Waals surface area contributed by atoms with Crippen molar-refractivity contribution in [1.82, 2.24) is 21.1 Å². The number of hydrogen-bond acceptors (Lipinski definition) is 4. The zero-order chi connectivity index (χ0) is 20.1. The van der Waals surface area contributed by atoms with Gasteiger partial charge in [0.25, 0.3) is 5.91 Å². The largest absolute Gasteiger partial charge is 0.357 e. The van der Waals surface area contributed by atoms with Crippen LogP contribution in [-0.4, -0.2) is 29.2 Å². The first-order chi connectivity index (χ1) is 14.2. The predicted octanol–water partition coefficient (Wildman–Crippen LogP) is 2.66. The van der Waals surface area contributed by atoms with E-state index in [-0.39, 0.29) is 0 Å². The average Bonchev–Trinajstić information content (AvgIpc) is 3.13. The first kappa shape index (κ1) is 19.4. The number of amides is 1. The van der Waals surface area contributed by atoms with E-state index in [1.165, 1.54) is 39.4 Å². The lowest BCUT2D eigenvalue weighted by Crippen LogP contribution is -2.22. The second-order valence-electron chi connectivity index (χ2n) is 7.37. The highest BCUT2D eigenvalue weighted by Gasteiger charge is 2.14. The van der Waals surface area contributed by atoms with Gasteiger partial charge in [-0.05, 0) is 60.3 Å². The molecule has 5 N–H and O–H groups in total. The van der Waals surface area contributed by atoms with Gasteiger partial charge in [-0.25, -0.2) is 5.48 Å². The molecule has 3 aromatic rings. The number of hydrogen-bond donors (Lipinski definition) is 5. The van der Waals surface area contributed by atoms with Crippen LogP contribution < -0.4 is 16.1 Å². The maximum atomic E-state index is 11.0. The minimum atomic E-state index is -0.537.